The van der Waals surface area contributed by atoms with Crippen molar-refractivity contribution in [1.29, 1.82) is 0 Å². The lowest BCUT2D eigenvalue weighted by Gasteiger charge is -2.57. The highest BCUT2D eigenvalue weighted by Crippen LogP contribution is 2.64. The second-order valence-corrected chi connectivity index (χ2v) is 8.78. The van der Waals surface area contributed by atoms with Gasteiger partial charge in [0.2, 0.25) is 0 Å². The maximum absolute atomic E-state index is 12.4. The molecule has 0 heterocycles. The summed E-state index contributed by atoms with van der Waals surface area (Å²) in [6, 6.07) is 0. The molecule has 1 unspecified atom stereocenters. The summed E-state index contributed by atoms with van der Waals surface area (Å²) >= 11 is 0. The Morgan fingerprint density at radius 1 is 1.09 bits per heavy atom. The van der Waals surface area contributed by atoms with E-state index >= 15 is 0 Å². The lowest BCUT2D eigenvalue weighted by molar-refractivity contribution is -0.132. The van der Waals surface area contributed by atoms with Crippen LogP contribution in [0, 0.1) is 28.6 Å². The SMILES string of the molecule is COC1CC[C@@]2(C)C(=CC[C@@H]3[C@H]2CC[C@]2(C)C(=O)CC[C@@H]32)C1. The van der Waals surface area contributed by atoms with Gasteiger partial charge in [0.1, 0.15) is 5.78 Å². The number of hydrogen-bond donors (Lipinski definition) is 0. The Morgan fingerprint density at radius 3 is 2.59 bits per heavy atom. The Kier molecular flexibility index (Phi) is 3.35. The van der Waals surface area contributed by atoms with E-state index in [1.807, 2.05) is 7.11 Å². The highest BCUT2D eigenvalue weighted by molar-refractivity contribution is 5.87. The number of ether oxygens (including phenoxy) is 1. The van der Waals surface area contributed by atoms with Gasteiger partial charge in [-0.1, -0.05) is 25.5 Å². The van der Waals surface area contributed by atoms with E-state index < -0.39 is 0 Å². The molecular weight excluding hydrogens is 272 g/mol. The van der Waals surface area contributed by atoms with Gasteiger partial charge in [-0.3, -0.25) is 4.79 Å². The summed E-state index contributed by atoms with van der Waals surface area (Å²) in [7, 11) is 1.86. The van der Waals surface area contributed by atoms with E-state index in [1.165, 1.54) is 25.7 Å². The van der Waals surface area contributed by atoms with Gasteiger partial charge < -0.3 is 4.74 Å². The molecule has 0 aromatic heterocycles. The normalized spacial score (nSPS) is 50.9. The van der Waals surface area contributed by atoms with Crippen molar-refractivity contribution < 1.29 is 9.53 Å². The lowest BCUT2D eigenvalue weighted by atomic mass is 9.48. The molecule has 0 aromatic carbocycles. The Hall–Kier alpha value is -0.630. The first-order chi connectivity index (χ1) is 10.5. The van der Waals surface area contributed by atoms with Gasteiger partial charge in [0.05, 0.1) is 6.10 Å². The van der Waals surface area contributed by atoms with E-state index in [-0.39, 0.29) is 5.41 Å². The number of Topliss-reactive ketones (excluding diaryl/α,β-unsaturated/α-hetero) is 1. The minimum atomic E-state index is 0.00655. The zero-order valence-corrected chi connectivity index (χ0v) is 14.4. The van der Waals surface area contributed by atoms with Gasteiger partial charge in [0.15, 0.2) is 0 Å². The summed E-state index contributed by atoms with van der Waals surface area (Å²) < 4.78 is 5.64. The zero-order chi connectivity index (χ0) is 15.5. The minimum absolute atomic E-state index is 0.00655. The predicted octanol–water partition coefficient (Wildman–Crippen LogP) is 4.53. The minimum Gasteiger partial charge on any atom is -0.381 e. The highest BCUT2D eigenvalue weighted by Gasteiger charge is 2.58. The van der Waals surface area contributed by atoms with E-state index in [9.17, 15) is 4.79 Å². The Balaban J connectivity index is 1.66. The third kappa shape index (κ3) is 1.85. The Labute approximate surface area is 134 Å². The highest BCUT2D eigenvalue weighted by atomic mass is 16.5. The maximum Gasteiger partial charge on any atom is 0.139 e. The summed E-state index contributed by atoms with van der Waals surface area (Å²) in [4.78, 5) is 12.4. The van der Waals surface area contributed by atoms with E-state index in [1.54, 1.807) is 5.57 Å². The van der Waals surface area contributed by atoms with Crippen LogP contribution >= 0.6 is 0 Å². The van der Waals surface area contributed by atoms with Crippen molar-refractivity contribution in [1.82, 2.24) is 0 Å². The molecule has 2 heteroatoms. The Bertz CT molecular complexity index is 522. The number of rotatable bonds is 1. The molecule has 0 aliphatic heterocycles. The van der Waals surface area contributed by atoms with E-state index in [4.69, 9.17) is 4.74 Å². The first-order valence-electron chi connectivity index (χ1n) is 9.24. The second-order valence-electron chi connectivity index (χ2n) is 8.78. The summed E-state index contributed by atoms with van der Waals surface area (Å²) in [5.74, 6) is 2.75. The number of hydrogen-bond acceptors (Lipinski definition) is 2. The van der Waals surface area contributed by atoms with Crippen LogP contribution in [0.25, 0.3) is 0 Å². The van der Waals surface area contributed by atoms with Crippen molar-refractivity contribution in [2.75, 3.05) is 7.11 Å². The fraction of sp³-hybridized carbons (Fsp3) is 0.850. The number of fused-ring (bicyclic) bond motifs is 5. The third-order valence-corrected chi connectivity index (χ3v) is 8.10. The van der Waals surface area contributed by atoms with Gasteiger partial charge >= 0.3 is 0 Å². The molecule has 4 aliphatic rings. The monoisotopic (exact) mass is 302 g/mol. The number of allylic oxidation sites excluding steroid dienone is 1. The molecule has 4 aliphatic carbocycles. The van der Waals surface area contributed by atoms with Gasteiger partial charge in [-0.05, 0) is 68.1 Å². The summed E-state index contributed by atoms with van der Waals surface area (Å²) in [6.07, 6.45) is 12.2. The molecule has 0 spiro atoms. The zero-order valence-electron chi connectivity index (χ0n) is 14.4. The smallest absolute Gasteiger partial charge is 0.139 e. The van der Waals surface area contributed by atoms with Gasteiger partial charge in [-0.25, -0.2) is 0 Å². The standard InChI is InChI=1S/C20H30O2/c1-19-10-8-14(22-3)12-13(19)4-5-15-16-6-7-18(21)20(16,2)11-9-17(15)19/h4,14-17H,5-12H2,1-3H3/t14?,15-,16-,17+,19-,20-/m0/s1. The number of carbonyl (C=O) groups excluding carboxylic acids is 1. The Morgan fingerprint density at radius 2 is 1.82 bits per heavy atom. The number of methoxy groups -OCH3 is 1. The van der Waals surface area contributed by atoms with Crippen molar-refractivity contribution in [3.8, 4) is 0 Å². The van der Waals surface area contributed by atoms with Gasteiger partial charge in [-0.2, -0.15) is 0 Å². The first kappa shape index (κ1) is 14.9. The van der Waals surface area contributed by atoms with Crippen molar-refractivity contribution in [3.05, 3.63) is 11.6 Å². The van der Waals surface area contributed by atoms with Gasteiger partial charge in [-0.15, -0.1) is 0 Å². The quantitative estimate of drug-likeness (QED) is 0.665. The molecule has 3 fully saturated rings. The molecule has 0 aromatic rings. The van der Waals surface area contributed by atoms with Crippen LogP contribution in [0.5, 0.6) is 0 Å². The van der Waals surface area contributed by atoms with Crippen molar-refractivity contribution >= 4 is 5.78 Å². The third-order valence-electron chi connectivity index (χ3n) is 8.10. The van der Waals surface area contributed by atoms with Gasteiger partial charge in [0.25, 0.3) is 0 Å². The molecule has 122 valence electrons. The average Bonchev–Trinajstić information content (AvgIpc) is 2.82. The molecule has 0 amide bonds. The predicted molar refractivity (Wildman–Crippen MR) is 87.5 cm³/mol. The van der Waals surface area contributed by atoms with E-state index in [0.717, 1.165) is 37.5 Å². The second kappa shape index (κ2) is 4.93. The van der Waals surface area contributed by atoms with Crippen molar-refractivity contribution in [2.24, 2.45) is 28.6 Å². The molecule has 22 heavy (non-hydrogen) atoms. The summed E-state index contributed by atoms with van der Waals surface area (Å²) in [5, 5.41) is 0. The molecular formula is C20H30O2. The van der Waals surface area contributed by atoms with E-state index in [2.05, 4.69) is 19.9 Å². The molecule has 0 saturated heterocycles. The molecule has 0 bridgehead atoms. The van der Waals surface area contributed by atoms with E-state index in [0.29, 0.717) is 23.2 Å². The molecule has 3 saturated carbocycles. The molecule has 0 N–H and O–H groups in total. The van der Waals surface area contributed by atoms with Crippen LogP contribution in [-0.4, -0.2) is 19.0 Å². The lowest BCUT2D eigenvalue weighted by Crippen LogP contribution is -2.50. The molecule has 2 nitrogen and oxygen atoms in total. The fourth-order valence-corrected chi connectivity index (χ4v) is 6.60. The average molecular weight is 302 g/mol. The fourth-order valence-electron chi connectivity index (χ4n) is 6.60. The van der Waals surface area contributed by atoms with Crippen molar-refractivity contribution in [2.45, 2.75) is 71.3 Å². The number of carbonyl (C=O) groups is 1. The molecule has 0 radical (unpaired) electrons. The van der Waals surface area contributed by atoms with Gasteiger partial charge in [0, 0.05) is 18.9 Å². The van der Waals surface area contributed by atoms with Crippen LogP contribution in [0.4, 0.5) is 0 Å². The topological polar surface area (TPSA) is 26.3 Å². The van der Waals surface area contributed by atoms with Crippen LogP contribution in [0.3, 0.4) is 0 Å². The van der Waals surface area contributed by atoms with Crippen LogP contribution in [0.2, 0.25) is 0 Å². The van der Waals surface area contributed by atoms with Crippen LogP contribution in [0.15, 0.2) is 11.6 Å². The largest absolute Gasteiger partial charge is 0.381 e. The summed E-state index contributed by atoms with van der Waals surface area (Å²) in [5.41, 5.74) is 2.05. The van der Waals surface area contributed by atoms with Crippen LogP contribution in [0.1, 0.15) is 65.2 Å². The maximum atomic E-state index is 12.4. The van der Waals surface area contributed by atoms with Crippen LogP contribution in [-0.2, 0) is 9.53 Å². The summed E-state index contributed by atoms with van der Waals surface area (Å²) in [6.45, 7) is 4.79. The molecule has 6 atom stereocenters. The number of ketones is 1. The van der Waals surface area contributed by atoms with Crippen molar-refractivity contribution in [3.63, 3.8) is 0 Å². The first-order valence-corrected chi connectivity index (χ1v) is 9.24. The van der Waals surface area contributed by atoms with Crippen LogP contribution < -0.4 is 0 Å². The molecule has 4 rings (SSSR count).